The third-order valence-electron chi connectivity index (χ3n) is 3.47. The number of nitrogens with zero attached hydrogens (tertiary/aromatic N) is 1. The van der Waals surface area contributed by atoms with Crippen LogP contribution in [-0.2, 0) is 0 Å². The lowest BCUT2D eigenvalue weighted by atomic mass is 9.90. The molecule has 1 saturated carbocycles. The van der Waals surface area contributed by atoms with Crippen LogP contribution in [0.2, 0.25) is 0 Å². The number of thiol groups is 1. The maximum absolute atomic E-state index is 12.5. The second-order valence-corrected chi connectivity index (χ2v) is 5.16. The van der Waals surface area contributed by atoms with Crippen molar-refractivity contribution in [1.82, 2.24) is 4.90 Å². The molecule has 1 aromatic carbocycles. The highest BCUT2D eigenvalue weighted by atomic mass is 32.1. The number of carbonyl (C=O) groups is 1. The van der Waals surface area contributed by atoms with Gasteiger partial charge in [0.2, 0.25) is 0 Å². The predicted octanol–water partition coefficient (Wildman–Crippen LogP) is 2.35. The molecule has 0 aromatic heterocycles. The third-order valence-corrected chi connectivity index (χ3v) is 3.86. The highest BCUT2D eigenvalue weighted by Crippen LogP contribution is 2.27. The summed E-state index contributed by atoms with van der Waals surface area (Å²) in [5.74, 6) is 0.0405. The molecule has 1 aliphatic carbocycles. The van der Waals surface area contributed by atoms with Gasteiger partial charge in [-0.15, -0.1) is 12.6 Å². The molecule has 1 fully saturated rings. The zero-order valence-electron chi connectivity index (χ0n) is 10.4. The summed E-state index contributed by atoms with van der Waals surface area (Å²) >= 11 is 4.34. The molecule has 1 amide bonds. The van der Waals surface area contributed by atoms with Crippen molar-refractivity contribution >= 4 is 18.5 Å². The minimum Gasteiger partial charge on any atom is -0.396 e. The molecule has 1 N–H and O–H groups in total. The molecule has 0 saturated heterocycles. The van der Waals surface area contributed by atoms with Gasteiger partial charge in [0.1, 0.15) is 0 Å². The van der Waals surface area contributed by atoms with Crippen LogP contribution in [0.25, 0.3) is 0 Å². The molecule has 4 heteroatoms. The fourth-order valence-corrected chi connectivity index (χ4v) is 2.45. The molecule has 1 aliphatic rings. The van der Waals surface area contributed by atoms with Gasteiger partial charge in [-0.2, -0.15) is 0 Å². The summed E-state index contributed by atoms with van der Waals surface area (Å²) in [6, 6.07) is 7.73. The summed E-state index contributed by atoms with van der Waals surface area (Å²) in [5, 5.41) is 8.94. The van der Waals surface area contributed by atoms with Gasteiger partial charge in [0.15, 0.2) is 0 Å². The Morgan fingerprint density at radius 1 is 1.39 bits per heavy atom. The molecule has 0 unspecified atom stereocenters. The number of amides is 1. The Bertz CT molecular complexity index is 418. The predicted molar refractivity (Wildman–Crippen MR) is 74.1 cm³/mol. The van der Waals surface area contributed by atoms with Gasteiger partial charge >= 0.3 is 0 Å². The van der Waals surface area contributed by atoms with Gasteiger partial charge in [0.05, 0.1) is 5.56 Å². The highest BCUT2D eigenvalue weighted by Gasteiger charge is 2.29. The Morgan fingerprint density at radius 3 is 2.67 bits per heavy atom. The Morgan fingerprint density at radius 2 is 2.11 bits per heavy atom. The third kappa shape index (κ3) is 2.87. The zero-order chi connectivity index (χ0) is 13.0. The Kier molecular flexibility index (Phi) is 4.66. The standard InChI is InChI=1S/C14H19NO2S/c16-10-4-9-15(11-5-3-6-11)14(17)12-7-1-2-8-13(12)18/h1-2,7-8,11,16,18H,3-6,9-10H2. The molecule has 0 radical (unpaired) electrons. The van der Waals surface area contributed by atoms with Crippen molar-refractivity contribution in [3.05, 3.63) is 29.8 Å². The summed E-state index contributed by atoms with van der Waals surface area (Å²) in [7, 11) is 0. The molecule has 0 spiro atoms. The number of benzene rings is 1. The first-order valence-electron chi connectivity index (χ1n) is 6.44. The SMILES string of the molecule is O=C(c1ccccc1S)N(CCCO)C1CCC1. The van der Waals surface area contributed by atoms with Crippen LogP contribution in [0, 0.1) is 0 Å². The largest absolute Gasteiger partial charge is 0.396 e. The summed E-state index contributed by atoms with van der Waals surface area (Å²) < 4.78 is 0. The van der Waals surface area contributed by atoms with Crippen LogP contribution in [0.1, 0.15) is 36.0 Å². The van der Waals surface area contributed by atoms with Crippen LogP contribution < -0.4 is 0 Å². The van der Waals surface area contributed by atoms with E-state index in [2.05, 4.69) is 12.6 Å². The van der Waals surface area contributed by atoms with Gasteiger partial charge in [-0.25, -0.2) is 0 Å². The van der Waals surface area contributed by atoms with E-state index in [0.717, 1.165) is 17.7 Å². The fraction of sp³-hybridized carbons (Fsp3) is 0.500. The highest BCUT2D eigenvalue weighted by molar-refractivity contribution is 7.80. The van der Waals surface area contributed by atoms with Crippen molar-refractivity contribution in [1.29, 1.82) is 0 Å². The maximum atomic E-state index is 12.5. The van der Waals surface area contributed by atoms with E-state index in [1.807, 2.05) is 29.2 Å². The molecular formula is C14H19NO2S. The molecule has 0 atom stereocenters. The summed E-state index contributed by atoms with van der Waals surface area (Å²) in [6.07, 6.45) is 3.98. The van der Waals surface area contributed by atoms with E-state index in [0.29, 0.717) is 24.6 Å². The van der Waals surface area contributed by atoms with E-state index >= 15 is 0 Å². The number of aliphatic hydroxyl groups excluding tert-OH is 1. The van der Waals surface area contributed by atoms with Crippen LogP contribution in [-0.4, -0.2) is 35.1 Å². The van der Waals surface area contributed by atoms with Gasteiger partial charge < -0.3 is 10.0 Å². The van der Waals surface area contributed by atoms with E-state index < -0.39 is 0 Å². The number of rotatable bonds is 5. The number of hydrogen-bond donors (Lipinski definition) is 2. The molecule has 3 nitrogen and oxygen atoms in total. The number of carbonyl (C=O) groups excluding carboxylic acids is 1. The average Bonchev–Trinajstić information content (AvgIpc) is 2.32. The van der Waals surface area contributed by atoms with E-state index in [1.165, 1.54) is 6.42 Å². The lowest BCUT2D eigenvalue weighted by Gasteiger charge is -2.37. The summed E-state index contributed by atoms with van der Waals surface area (Å²) in [4.78, 5) is 15.1. The first-order valence-corrected chi connectivity index (χ1v) is 6.88. The van der Waals surface area contributed by atoms with Crippen LogP contribution in [0.4, 0.5) is 0 Å². The fourth-order valence-electron chi connectivity index (χ4n) is 2.20. The van der Waals surface area contributed by atoms with Crippen molar-refractivity contribution in [3.8, 4) is 0 Å². The first kappa shape index (κ1) is 13.4. The van der Waals surface area contributed by atoms with Crippen molar-refractivity contribution < 1.29 is 9.90 Å². The zero-order valence-corrected chi connectivity index (χ0v) is 11.3. The van der Waals surface area contributed by atoms with E-state index in [-0.39, 0.29) is 12.5 Å². The monoisotopic (exact) mass is 265 g/mol. The molecule has 2 rings (SSSR count). The van der Waals surface area contributed by atoms with Crippen molar-refractivity contribution in [2.75, 3.05) is 13.2 Å². The maximum Gasteiger partial charge on any atom is 0.255 e. The first-order chi connectivity index (χ1) is 8.74. The van der Waals surface area contributed by atoms with Crippen LogP contribution in [0.15, 0.2) is 29.2 Å². The summed E-state index contributed by atoms with van der Waals surface area (Å²) in [5.41, 5.74) is 0.658. The molecular weight excluding hydrogens is 246 g/mol. The van der Waals surface area contributed by atoms with Crippen LogP contribution >= 0.6 is 12.6 Å². The summed E-state index contributed by atoms with van der Waals surface area (Å²) in [6.45, 7) is 0.751. The molecule has 0 heterocycles. The van der Waals surface area contributed by atoms with E-state index in [9.17, 15) is 4.79 Å². The normalized spacial score (nSPS) is 15.2. The Hall–Kier alpha value is -1.00. The second-order valence-electron chi connectivity index (χ2n) is 4.68. The quantitative estimate of drug-likeness (QED) is 0.802. The van der Waals surface area contributed by atoms with Crippen LogP contribution in [0.3, 0.4) is 0 Å². The van der Waals surface area contributed by atoms with Crippen molar-refractivity contribution in [3.63, 3.8) is 0 Å². The smallest absolute Gasteiger partial charge is 0.255 e. The molecule has 18 heavy (non-hydrogen) atoms. The topological polar surface area (TPSA) is 40.5 Å². The van der Waals surface area contributed by atoms with E-state index in [1.54, 1.807) is 0 Å². The van der Waals surface area contributed by atoms with Gasteiger partial charge in [-0.05, 0) is 37.8 Å². The molecule has 1 aromatic rings. The van der Waals surface area contributed by atoms with Crippen LogP contribution in [0.5, 0.6) is 0 Å². The average molecular weight is 265 g/mol. The lowest BCUT2D eigenvalue weighted by Crippen LogP contribution is -2.45. The van der Waals surface area contributed by atoms with Crippen molar-refractivity contribution in [2.45, 2.75) is 36.6 Å². The van der Waals surface area contributed by atoms with Gasteiger partial charge in [0.25, 0.3) is 5.91 Å². The van der Waals surface area contributed by atoms with Gasteiger partial charge in [0, 0.05) is 24.1 Å². The number of aliphatic hydroxyl groups is 1. The minimum absolute atomic E-state index is 0.0405. The van der Waals surface area contributed by atoms with Gasteiger partial charge in [-0.3, -0.25) is 4.79 Å². The molecule has 0 bridgehead atoms. The number of hydrogen-bond acceptors (Lipinski definition) is 3. The minimum atomic E-state index is 0.0405. The molecule has 98 valence electrons. The lowest BCUT2D eigenvalue weighted by molar-refractivity contribution is 0.0559. The van der Waals surface area contributed by atoms with Gasteiger partial charge in [-0.1, -0.05) is 12.1 Å². The second kappa shape index (κ2) is 6.25. The molecule has 0 aliphatic heterocycles. The Labute approximate surface area is 113 Å². The van der Waals surface area contributed by atoms with E-state index in [4.69, 9.17) is 5.11 Å². The van der Waals surface area contributed by atoms with Crippen molar-refractivity contribution in [2.24, 2.45) is 0 Å². The Balaban J connectivity index is 2.14.